The van der Waals surface area contributed by atoms with Crippen LogP contribution < -0.4 is 0 Å². The van der Waals surface area contributed by atoms with Gasteiger partial charge in [0, 0.05) is 0 Å². The zero-order valence-electron chi connectivity index (χ0n) is 8.21. The summed E-state index contributed by atoms with van der Waals surface area (Å²) in [6.45, 7) is 0. The molecule has 12 heteroatoms. The molecule has 0 bridgehead atoms. The molecule has 0 spiro atoms. The van der Waals surface area contributed by atoms with Crippen LogP contribution in [-0.4, -0.2) is 172 Å². The van der Waals surface area contributed by atoms with E-state index in [-0.39, 0.29) is 93.3 Å². The van der Waals surface area contributed by atoms with Gasteiger partial charge in [-0.25, -0.2) is 4.79 Å². The Kier molecular flexibility index (Phi) is 33.5. The molecule has 0 aromatic heterocycles. The van der Waals surface area contributed by atoms with Gasteiger partial charge in [0.2, 0.25) is 0 Å². The van der Waals surface area contributed by atoms with E-state index in [9.17, 15) is 14.4 Å². The molecule has 0 aliphatic carbocycles. The van der Waals surface area contributed by atoms with Crippen LogP contribution in [-0.2, 0) is 14.4 Å². The Morgan fingerprint density at radius 2 is 1.22 bits per heavy atom. The number of carboxylic acid groups (broad SMARTS) is 3. The molecule has 0 aliphatic rings. The molecule has 0 atom stereocenters. The van der Waals surface area contributed by atoms with Gasteiger partial charge in [0.15, 0.2) is 5.60 Å². The van der Waals surface area contributed by atoms with Gasteiger partial charge in [-0.2, -0.15) is 0 Å². The molecule has 0 saturated heterocycles. The van der Waals surface area contributed by atoms with Gasteiger partial charge in [-0.1, -0.05) is 0 Å². The summed E-state index contributed by atoms with van der Waals surface area (Å²) >= 11 is 0.535. The average molecular weight is 367 g/mol. The van der Waals surface area contributed by atoms with E-state index in [0.717, 1.165) is 0 Å². The van der Waals surface area contributed by atoms with Crippen LogP contribution in [0.25, 0.3) is 0 Å². The molecule has 7 nitrogen and oxygen atoms in total. The SMILES string of the molecule is Cl.O=C(O)CC(O)(CC(=O)O)C(=O)O.[Cl][K].[KH].[NaH]. The zero-order chi connectivity index (χ0) is 12.6. The van der Waals surface area contributed by atoms with Crippen molar-refractivity contribution in [3.63, 3.8) is 0 Å². The molecular formula is C6H11Cl2K2NaO7. The normalized spacial score (nSPS) is 8.22. The van der Waals surface area contributed by atoms with E-state index in [2.05, 4.69) is 0 Å². The van der Waals surface area contributed by atoms with Crippen LogP contribution in [0.15, 0.2) is 0 Å². The van der Waals surface area contributed by atoms with Gasteiger partial charge in [-0.15, -0.1) is 12.4 Å². The Morgan fingerprint density at radius 3 is 1.33 bits per heavy atom. The molecule has 0 heterocycles. The molecule has 0 amide bonds. The molecule has 18 heavy (non-hydrogen) atoms. The third-order valence-corrected chi connectivity index (χ3v) is 1.29. The van der Waals surface area contributed by atoms with Crippen molar-refractivity contribution in [3.05, 3.63) is 0 Å². The monoisotopic (exact) mass is 366 g/mol. The van der Waals surface area contributed by atoms with E-state index in [1.807, 2.05) is 0 Å². The van der Waals surface area contributed by atoms with Gasteiger partial charge in [0.25, 0.3) is 0 Å². The van der Waals surface area contributed by atoms with Gasteiger partial charge < -0.3 is 20.4 Å². The molecule has 0 aromatic carbocycles. The first kappa shape index (κ1) is 33.0. The third kappa shape index (κ3) is 17.3. The van der Waals surface area contributed by atoms with Crippen molar-refractivity contribution in [1.29, 1.82) is 0 Å². The summed E-state index contributed by atoms with van der Waals surface area (Å²) in [6.07, 6.45) is -2.29. The van der Waals surface area contributed by atoms with Crippen LogP contribution in [0.4, 0.5) is 0 Å². The average Bonchev–Trinajstić information content (AvgIpc) is 2.04. The summed E-state index contributed by atoms with van der Waals surface area (Å²) in [5.41, 5.74) is -2.74. The molecule has 0 saturated carbocycles. The number of hydrogen-bond donors (Lipinski definition) is 4. The second-order valence-electron chi connectivity index (χ2n) is 2.48. The first-order valence-electron chi connectivity index (χ1n) is 3.55. The molecule has 0 rings (SSSR count). The van der Waals surface area contributed by atoms with Crippen molar-refractivity contribution >= 4 is 162 Å². The van der Waals surface area contributed by atoms with Crippen molar-refractivity contribution in [2.45, 2.75) is 18.4 Å². The van der Waals surface area contributed by atoms with Crippen LogP contribution in [0.1, 0.15) is 12.8 Å². The number of rotatable bonds is 5. The van der Waals surface area contributed by atoms with Gasteiger partial charge in [0.1, 0.15) is 0 Å². The van der Waals surface area contributed by atoms with Crippen LogP contribution >= 0.6 is 16.2 Å². The fraction of sp³-hybridized carbons (Fsp3) is 0.500. The molecule has 94 valence electrons. The first-order valence-corrected chi connectivity index (χ1v) is 7.85. The van der Waals surface area contributed by atoms with Gasteiger partial charge in [-0.05, 0) is 0 Å². The van der Waals surface area contributed by atoms with Crippen LogP contribution in [0.3, 0.4) is 0 Å². The maximum atomic E-state index is 10.3. The fourth-order valence-electron chi connectivity index (χ4n) is 0.714. The minimum atomic E-state index is -2.74. The summed E-state index contributed by atoms with van der Waals surface area (Å²) in [4.78, 5) is 30.5. The van der Waals surface area contributed by atoms with Gasteiger partial charge >= 0.3 is 150 Å². The number of aliphatic hydroxyl groups is 1. The molecular weight excluding hydrogens is 356 g/mol. The van der Waals surface area contributed by atoms with Crippen molar-refractivity contribution in [2.75, 3.05) is 0 Å². The van der Waals surface area contributed by atoms with E-state index in [1.54, 1.807) is 0 Å². The van der Waals surface area contributed by atoms with E-state index in [4.69, 9.17) is 24.2 Å². The van der Waals surface area contributed by atoms with E-state index in [0.29, 0.717) is 47.1 Å². The number of hydrogen-bond acceptors (Lipinski definition) is 4. The van der Waals surface area contributed by atoms with E-state index >= 15 is 0 Å². The van der Waals surface area contributed by atoms with Crippen molar-refractivity contribution in [3.8, 4) is 0 Å². The Hall–Kier alpha value is 3.22. The molecule has 4 N–H and O–H groups in total. The predicted molar refractivity (Wildman–Crippen MR) is 70.2 cm³/mol. The number of aliphatic carboxylic acids is 3. The number of carbonyl (C=O) groups is 3. The van der Waals surface area contributed by atoms with Gasteiger partial charge in [0.05, 0.1) is 12.8 Å². The first-order chi connectivity index (χ1) is 6.78. The Balaban J connectivity index is -0.000000107. The van der Waals surface area contributed by atoms with E-state index in [1.165, 1.54) is 0 Å². The van der Waals surface area contributed by atoms with E-state index < -0.39 is 36.4 Å². The molecule has 0 radical (unpaired) electrons. The number of halogens is 2. The quantitative estimate of drug-likeness (QED) is 0.421. The zero-order valence-corrected chi connectivity index (χ0v) is 12.9. The van der Waals surface area contributed by atoms with Crippen molar-refractivity contribution < 1.29 is 34.8 Å². The molecule has 0 aliphatic heterocycles. The summed E-state index contributed by atoms with van der Waals surface area (Å²) in [5, 5.41) is 33.8. The maximum absolute atomic E-state index is 10.3. The standard InChI is InChI=1S/C6H8O7.2ClH.2K.Na.2H/c7-3(8)1-6(13,5(11)12)2-4(9)10;;;;;;;/h13H,1-2H2,(H,7,8)(H,9,10)(H,11,12);2*1H;;;;;/q;;;;+1;;;/p-1. The summed E-state index contributed by atoms with van der Waals surface area (Å²) < 4.78 is 4.83. The molecule has 0 aromatic rings. The Morgan fingerprint density at radius 1 is 1.00 bits per heavy atom. The topological polar surface area (TPSA) is 132 Å². The summed E-state index contributed by atoms with van der Waals surface area (Å²) in [7, 11) is 0. The summed E-state index contributed by atoms with van der Waals surface area (Å²) in [5.74, 6) is -5.02. The Labute approximate surface area is 210 Å². The molecule has 0 fully saturated rings. The minimum absolute atomic E-state index is 0. The molecule has 0 unspecified atom stereocenters. The third-order valence-electron chi connectivity index (χ3n) is 1.29. The van der Waals surface area contributed by atoms with Crippen molar-refractivity contribution in [2.24, 2.45) is 0 Å². The fourth-order valence-corrected chi connectivity index (χ4v) is 0.714. The summed E-state index contributed by atoms with van der Waals surface area (Å²) in [6, 6.07) is 0. The second-order valence-corrected chi connectivity index (χ2v) is 2.48. The Bertz CT molecular complexity index is 250. The number of carboxylic acids is 3. The van der Waals surface area contributed by atoms with Crippen molar-refractivity contribution in [1.82, 2.24) is 0 Å². The second kappa shape index (κ2) is 18.3. The van der Waals surface area contributed by atoms with Crippen LogP contribution in [0.2, 0.25) is 0 Å². The van der Waals surface area contributed by atoms with Crippen LogP contribution in [0.5, 0.6) is 0 Å². The predicted octanol–water partition coefficient (Wildman–Crippen LogP) is -1.82. The van der Waals surface area contributed by atoms with Gasteiger partial charge in [-0.3, -0.25) is 9.59 Å². The van der Waals surface area contributed by atoms with Crippen LogP contribution in [0, 0.1) is 0 Å².